The van der Waals surface area contributed by atoms with Gasteiger partial charge in [-0.05, 0) is 91.3 Å². The Morgan fingerprint density at radius 3 is 2.34 bits per heavy atom. The molecule has 1 aromatic heterocycles. The number of hydrogen-bond donors (Lipinski definition) is 1. The minimum absolute atomic E-state index is 0.0664. The molecule has 0 radical (unpaired) electrons. The van der Waals surface area contributed by atoms with Crippen molar-refractivity contribution < 1.29 is 13.6 Å². The summed E-state index contributed by atoms with van der Waals surface area (Å²) in [5.74, 6) is -0.310. The van der Waals surface area contributed by atoms with Gasteiger partial charge in [-0.2, -0.15) is 0 Å². The van der Waals surface area contributed by atoms with Crippen LogP contribution in [0.1, 0.15) is 42.7 Å². The van der Waals surface area contributed by atoms with E-state index in [4.69, 9.17) is 0 Å². The number of halogens is 2. The molecule has 3 aromatic carbocycles. The third kappa shape index (κ3) is 5.32. The third-order valence-corrected chi connectivity index (χ3v) is 6.87. The van der Waals surface area contributed by atoms with Crippen LogP contribution in [0.2, 0.25) is 0 Å². The van der Waals surface area contributed by atoms with Crippen molar-refractivity contribution in [2.24, 2.45) is 0 Å². The van der Waals surface area contributed by atoms with Gasteiger partial charge in [0.15, 0.2) is 0 Å². The number of benzene rings is 3. The monoisotopic (exact) mass is 471 g/mol. The van der Waals surface area contributed by atoms with Crippen molar-refractivity contribution in [3.63, 3.8) is 0 Å². The summed E-state index contributed by atoms with van der Waals surface area (Å²) in [4.78, 5) is 19.6. The summed E-state index contributed by atoms with van der Waals surface area (Å²) in [7, 11) is 0. The van der Waals surface area contributed by atoms with Gasteiger partial charge in [-0.3, -0.25) is 4.98 Å². The highest BCUT2D eigenvalue weighted by molar-refractivity contribution is 5.89. The van der Waals surface area contributed by atoms with Gasteiger partial charge < -0.3 is 10.2 Å². The van der Waals surface area contributed by atoms with Gasteiger partial charge in [0.25, 0.3) is 0 Å². The zero-order chi connectivity index (χ0) is 24.2. The quantitative estimate of drug-likeness (QED) is 0.333. The van der Waals surface area contributed by atoms with Crippen molar-refractivity contribution in [3.8, 4) is 0 Å². The molecule has 35 heavy (non-hydrogen) atoms. The first-order valence-electron chi connectivity index (χ1n) is 12.0. The Balaban J connectivity index is 1.34. The second-order valence-corrected chi connectivity index (χ2v) is 9.12. The van der Waals surface area contributed by atoms with E-state index in [-0.39, 0.29) is 29.6 Å². The van der Waals surface area contributed by atoms with E-state index in [9.17, 15) is 13.6 Å². The highest BCUT2D eigenvalue weighted by Crippen LogP contribution is 2.38. The summed E-state index contributed by atoms with van der Waals surface area (Å²) >= 11 is 0. The minimum Gasteiger partial charge on any atom is -0.317 e. The predicted octanol–water partition coefficient (Wildman–Crippen LogP) is 7.27. The van der Waals surface area contributed by atoms with Gasteiger partial charge in [-0.25, -0.2) is 13.6 Å². The van der Waals surface area contributed by atoms with E-state index in [1.165, 1.54) is 18.2 Å². The summed E-state index contributed by atoms with van der Waals surface area (Å²) in [6.07, 6.45) is 5.27. The molecule has 0 aliphatic heterocycles. The largest absolute Gasteiger partial charge is 0.322 e. The molecule has 0 unspecified atom stereocenters. The lowest BCUT2D eigenvalue weighted by molar-refractivity contribution is 0.158. The number of amides is 2. The summed E-state index contributed by atoms with van der Waals surface area (Å²) < 4.78 is 27.3. The van der Waals surface area contributed by atoms with Crippen LogP contribution in [0.25, 0.3) is 10.9 Å². The molecule has 1 aliphatic carbocycles. The van der Waals surface area contributed by atoms with Crippen molar-refractivity contribution in [3.05, 3.63) is 108 Å². The van der Waals surface area contributed by atoms with Gasteiger partial charge in [-0.1, -0.05) is 30.3 Å². The van der Waals surface area contributed by atoms with Gasteiger partial charge in [0.1, 0.15) is 11.6 Å². The lowest BCUT2D eigenvalue weighted by atomic mass is 9.80. The molecule has 2 amide bonds. The Bertz CT molecular complexity index is 1300. The molecule has 1 heterocycles. The molecule has 0 saturated heterocycles. The average Bonchev–Trinajstić information content (AvgIpc) is 2.89. The predicted molar refractivity (Wildman–Crippen MR) is 134 cm³/mol. The molecule has 4 aromatic rings. The summed E-state index contributed by atoms with van der Waals surface area (Å²) in [5.41, 5.74) is 3.54. The highest BCUT2D eigenvalue weighted by atomic mass is 19.1. The van der Waals surface area contributed by atoms with Crippen LogP contribution in [0.4, 0.5) is 19.3 Å². The SMILES string of the molecule is O=C(Nc1ccc(F)cc1)N(Cc1ccccc1)C1CCC(c2ccnc3ccc(F)cc23)CC1. The Kier molecular flexibility index (Phi) is 6.70. The second kappa shape index (κ2) is 10.2. The van der Waals surface area contributed by atoms with Crippen molar-refractivity contribution in [1.29, 1.82) is 0 Å². The van der Waals surface area contributed by atoms with E-state index in [1.54, 1.807) is 30.5 Å². The molecule has 0 spiro atoms. The second-order valence-electron chi connectivity index (χ2n) is 9.12. The van der Waals surface area contributed by atoms with Crippen LogP contribution >= 0.6 is 0 Å². The summed E-state index contributed by atoms with van der Waals surface area (Å²) in [6, 6.07) is 22.3. The first kappa shape index (κ1) is 23.0. The zero-order valence-electron chi connectivity index (χ0n) is 19.3. The number of carbonyl (C=O) groups is 1. The fourth-order valence-corrected chi connectivity index (χ4v) is 5.07. The van der Waals surface area contributed by atoms with Crippen LogP contribution < -0.4 is 5.32 Å². The highest BCUT2D eigenvalue weighted by Gasteiger charge is 2.30. The van der Waals surface area contributed by atoms with Crippen LogP contribution in [0, 0.1) is 11.6 Å². The van der Waals surface area contributed by atoms with Gasteiger partial charge in [-0.15, -0.1) is 0 Å². The van der Waals surface area contributed by atoms with E-state index in [0.29, 0.717) is 12.2 Å². The number of rotatable bonds is 5. The average molecular weight is 472 g/mol. The molecule has 1 aliphatic rings. The van der Waals surface area contributed by atoms with Gasteiger partial charge in [0, 0.05) is 29.9 Å². The molecule has 178 valence electrons. The zero-order valence-corrected chi connectivity index (χ0v) is 19.3. The molecule has 0 atom stereocenters. The van der Waals surface area contributed by atoms with E-state index >= 15 is 0 Å². The Labute approximate surface area is 203 Å². The maximum Gasteiger partial charge on any atom is 0.322 e. The van der Waals surface area contributed by atoms with Crippen molar-refractivity contribution in [1.82, 2.24) is 9.88 Å². The van der Waals surface area contributed by atoms with Gasteiger partial charge in [0.05, 0.1) is 5.52 Å². The van der Waals surface area contributed by atoms with Crippen molar-refractivity contribution in [2.75, 3.05) is 5.32 Å². The number of hydrogen-bond acceptors (Lipinski definition) is 2. The normalized spacial score (nSPS) is 17.8. The number of anilines is 1. The van der Waals surface area contributed by atoms with E-state index in [1.807, 2.05) is 41.3 Å². The van der Waals surface area contributed by atoms with E-state index in [0.717, 1.165) is 47.7 Å². The van der Waals surface area contributed by atoms with Crippen molar-refractivity contribution >= 4 is 22.6 Å². The fraction of sp³-hybridized carbons (Fsp3) is 0.241. The maximum absolute atomic E-state index is 13.9. The number of nitrogens with one attached hydrogen (secondary N) is 1. The van der Waals surface area contributed by atoms with Crippen molar-refractivity contribution in [2.45, 2.75) is 44.2 Å². The third-order valence-electron chi connectivity index (χ3n) is 6.87. The number of pyridine rings is 1. The number of carbonyl (C=O) groups excluding carboxylic acids is 1. The summed E-state index contributed by atoms with van der Waals surface area (Å²) in [6.45, 7) is 0.493. The smallest absolute Gasteiger partial charge is 0.317 e. The van der Waals surface area contributed by atoms with Crippen LogP contribution in [0.15, 0.2) is 85.1 Å². The topological polar surface area (TPSA) is 45.2 Å². The minimum atomic E-state index is -0.342. The Hall–Kier alpha value is -3.80. The molecule has 4 nitrogen and oxygen atoms in total. The van der Waals surface area contributed by atoms with E-state index < -0.39 is 0 Å². The standard InChI is InChI=1S/C29H27F2N3O/c30-22-8-11-24(12-9-22)33-29(35)34(19-20-4-2-1-3-5-20)25-13-6-21(7-14-25)26-16-17-32-28-15-10-23(31)18-27(26)28/h1-5,8-12,15-18,21,25H,6-7,13-14,19H2,(H,33,35). The maximum atomic E-state index is 13.9. The van der Waals surface area contributed by atoms with Crippen LogP contribution in [0.5, 0.6) is 0 Å². The number of urea groups is 1. The summed E-state index contributed by atoms with van der Waals surface area (Å²) in [5, 5.41) is 3.80. The first-order valence-corrected chi connectivity index (χ1v) is 12.0. The Morgan fingerprint density at radius 1 is 0.886 bits per heavy atom. The number of fused-ring (bicyclic) bond motifs is 1. The lowest BCUT2D eigenvalue weighted by Gasteiger charge is -2.37. The molecule has 1 saturated carbocycles. The van der Waals surface area contributed by atoms with E-state index in [2.05, 4.69) is 10.3 Å². The van der Waals surface area contributed by atoms with Gasteiger partial charge >= 0.3 is 6.03 Å². The lowest BCUT2D eigenvalue weighted by Crippen LogP contribution is -2.44. The van der Waals surface area contributed by atoms with Crippen LogP contribution in [-0.4, -0.2) is 22.0 Å². The molecule has 6 heteroatoms. The molecular weight excluding hydrogens is 444 g/mol. The van der Waals surface area contributed by atoms with Crippen LogP contribution in [0.3, 0.4) is 0 Å². The molecule has 5 rings (SSSR count). The fourth-order valence-electron chi connectivity index (χ4n) is 5.07. The number of nitrogens with zero attached hydrogens (tertiary/aromatic N) is 2. The molecule has 1 fully saturated rings. The molecular formula is C29H27F2N3O. The molecule has 0 bridgehead atoms. The Morgan fingerprint density at radius 2 is 1.60 bits per heavy atom. The van der Waals surface area contributed by atoms with Crippen LogP contribution in [-0.2, 0) is 6.54 Å². The van der Waals surface area contributed by atoms with Gasteiger partial charge in [0.2, 0.25) is 0 Å². The first-order chi connectivity index (χ1) is 17.1. The number of aromatic nitrogens is 1. The molecule has 1 N–H and O–H groups in total.